The molecule has 1 saturated carbocycles. The average Bonchev–Trinajstić information content (AvgIpc) is 3.38. The first-order valence-corrected chi connectivity index (χ1v) is 8.85. The zero-order chi connectivity index (χ0) is 16.0. The molecule has 2 aliphatic heterocycles. The summed E-state index contributed by atoms with van der Waals surface area (Å²) in [6.45, 7) is 5.54. The van der Waals surface area contributed by atoms with Crippen LogP contribution in [0.3, 0.4) is 0 Å². The lowest BCUT2D eigenvalue weighted by Crippen LogP contribution is -2.48. The summed E-state index contributed by atoms with van der Waals surface area (Å²) in [7, 11) is 0. The van der Waals surface area contributed by atoms with Crippen LogP contribution >= 0.6 is 0 Å². The molecule has 3 aliphatic rings. The number of amides is 1. The van der Waals surface area contributed by atoms with Gasteiger partial charge in [-0.05, 0) is 66.4 Å². The van der Waals surface area contributed by atoms with Crippen molar-refractivity contribution in [1.29, 1.82) is 0 Å². The van der Waals surface area contributed by atoms with Crippen LogP contribution in [0, 0.1) is 11.8 Å². The van der Waals surface area contributed by atoms with E-state index >= 15 is 0 Å². The van der Waals surface area contributed by atoms with E-state index in [4.69, 9.17) is 4.74 Å². The Labute approximate surface area is 138 Å². The van der Waals surface area contributed by atoms with E-state index in [2.05, 4.69) is 36.1 Å². The summed E-state index contributed by atoms with van der Waals surface area (Å²) in [6.07, 6.45) is 6.80. The third kappa shape index (κ3) is 2.72. The number of benzene rings is 1. The summed E-state index contributed by atoms with van der Waals surface area (Å²) in [6, 6.07) is 7.06. The second-order valence-corrected chi connectivity index (χ2v) is 7.30. The maximum atomic E-state index is 12.3. The fraction of sp³-hybridized carbons (Fsp3) is 0.550. The minimum absolute atomic E-state index is 0.188. The van der Waals surface area contributed by atoms with Gasteiger partial charge in [0.15, 0.2) is 0 Å². The Kier molecular flexibility index (Phi) is 3.76. The highest BCUT2D eigenvalue weighted by Gasteiger charge is 2.43. The Morgan fingerprint density at radius 1 is 1.30 bits per heavy atom. The number of nitrogens with zero attached hydrogens (tertiary/aromatic N) is 1. The van der Waals surface area contributed by atoms with Crippen LogP contribution in [0.2, 0.25) is 0 Å². The van der Waals surface area contributed by atoms with Crippen LogP contribution in [-0.4, -0.2) is 25.2 Å². The first-order valence-electron chi connectivity index (χ1n) is 8.85. The van der Waals surface area contributed by atoms with Crippen LogP contribution in [0.25, 0.3) is 5.57 Å². The molecule has 122 valence electrons. The Morgan fingerprint density at radius 2 is 2.13 bits per heavy atom. The summed E-state index contributed by atoms with van der Waals surface area (Å²) in [5.41, 5.74) is 5.15. The Morgan fingerprint density at radius 3 is 2.78 bits per heavy atom. The molecule has 0 unspecified atom stereocenters. The number of hydrogen-bond donors (Lipinski definition) is 0. The Hall–Kier alpha value is -1.61. The number of hydrogen-bond acceptors (Lipinski definition) is 2. The second kappa shape index (κ2) is 5.79. The Bertz CT molecular complexity index is 660. The lowest BCUT2D eigenvalue weighted by Gasteiger charge is -2.41. The quantitative estimate of drug-likeness (QED) is 0.831. The van der Waals surface area contributed by atoms with Crippen LogP contribution in [0.4, 0.5) is 5.69 Å². The molecule has 1 aliphatic carbocycles. The molecule has 3 nitrogen and oxygen atoms in total. The smallest absolute Gasteiger partial charge is 0.224 e. The van der Waals surface area contributed by atoms with Gasteiger partial charge in [-0.25, -0.2) is 0 Å². The van der Waals surface area contributed by atoms with E-state index in [-0.39, 0.29) is 5.91 Å². The van der Waals surface area contributed by atoms with Crippen molar-refractivity contribution in [3.05, 3.63) is 35.4 Å². The van der Waals surface area contributed by atoms with Crippen molar-refractivity contribution in [3.63, 3.8) is 0 Å². The van der Waals surface area contributed by atoms with Crippen molar-refractivity contribution < 1.29 is 9.53 Å². The van der Waals surface area contributed by atoms with Crippen molar-refractivity contribution in [3.8, 4) is 0 Å². The first-order chi connectivity index (χ1) is 11.1. The van der Waals surface area contributed by atoms with Crippen LogP contribution in [-0.2, 0) is 16.0 Å². The van der Waals surface area contributed by atoms with Gasteiger partial charge < -0.3 is 9.64 Å². The fourth-order valence-electron chi connectivity index (χ4n) is 4.35. The number of ether oxygens (including phenoxy) is 1. The molecule has 0 spiro atoms. The second-order valence-electron chi connectivity index (χ2n) is 7.30. The van der Waals surface area contributed by atoms with E-state index in [1.807, 2.05) is 0 Å². The standard InChI is InChI=1S/C20H25NO2/c1-13-11-18-12-17(15-7-9-23-10-8-15)5-6-19(18)21(14(2)22)20(13)16-3-4-16/h5-7,12-13,16,20H,3-4,8-11H2,1-2H3/t13-,20-/m1/s1. The maximum Gasteiger partial charge on any atom is 0.224 e. The third-order valence-corrected chi connectivity index (χ3v) is 5.54. The van der Waals surface area contributed by atoms with Crippen molar-refractivity contribution in [1.82, 2.24) is 0 Å². The molecule has 4 rings (SSSR count). The lowest BCUT2D eigenvalue weighted by atomic mass is 9.83. The van der Waals surface area contributed by atoms with Crippen LogP contribution in [0.15, 0.2) is 24.3 Å². The molecule has 0 bridgehead atoms. The highest BCUT2D eigenvalue weighted by atomic mass is 16.5. The monoisotopic (exact) mass is 311 g/mol. The number of fused-ring (bicyclic) bond motifs is 1. The molecule has 23 heavy (non-hydrogen) atoms. The van der Waals surface area contributed by atoms with Gasteiger partial charge in [-0.2, -0.15) is 0 Å². The third-order valence-electron chi connectivity index (χ3n) is 5.54. The summed E-state index contributed by atoms with van der Waals surface area (Å²) in [5.74, 6) is 1.44. The van der Waals surface area contributed by atoms with E-state index in [9.17, 15) is 4.79 Å². The molecule has 3 heteroatoms. The number of carbonyl (C=O) groups excluding carboxylic acids is 1. The van der Waals surface area contributed by atoms with Crippen molar-refractivity contribution in [2.45, 2.75) is 45.6 Å². The summed E-state index contributed by atoms with van der Waals surface area (Å²) >= 11 is 0. The van der Waals surface area contributed by atoms with Gasteiger partial charge in [0.05, 0.1) is 13.2 Å². The molecular formula is C20H25NO2. The summed E-state index contributed by atoms with van der Waals surface area (Å²) in [4.78, 5) is 14.4. The van der Waals surface area contributed by atoms with Gasteiger partial charge in [-0.15, -0.1) is 0 Å². The molecule has 0 N–H and O–H groups in total. The highest BCUT2D eigenvalue weighted by Crippen LogP contribution is 2.45. The van der Waals surface area contributed by atoms with Crippen LogP contribution in [0.1, 0.15) is 44.2 Å². The number of rotatable bonds is 2. The van der Waals surface area contributed by atoms with E-state index in [1.54, 1.807) is 6.92 Å². The zero-order valence-electron chi connectivity index (χ0n) is 14.0. The number of carbonyl (C=O) groups is 1. The predicted molar refractivity (Wildman–Crippen MR) is 92.4 cm³/mol. The van der Waals surface area contributed by atoms with Crippen molar-refractivity contribution in [2.75, 3.05) is 18.1 Å². The molecule has 1 fully saturated rings. The average molecular weight is 311 g/mol. The Balaban J connectivity index is 1.72. The predicted octanol–water partition coefficient (Wildman–Crippen LogP) is 3.81. The van der Waals surface area contributed by atoms with Gasteiger partial charge in [-0.3, -0.25) is 4.79 Å². The van der Waals surface area contributed by atoms with Crippen LogP contribution < -0.4 is 4.90 Å². The van der Waals surface area contributed by atoms with Gasteiger partial charge in [0.25, 0.3) is 0 Å². The lowest BCUT2D eigenvalue weighted by molar-refractivity contribution is -0.117. The normalized spacial score (nSPS) is 27.4. The van der Waals surface area contributed by atoms with E-state index in [1.165, 1.54) is 29.5 Å². The molecule has 1 aromatic carbocycles. The molecule has 0 saturated heterocycles. The van der Waals surface area contributed by atoms with Crippen molar-refractivity contribution >= 4 is 17.2 Å². The van der Waals surface area contributed by atoms with E-state index in [0.717, 1.165) is 25.1 Å². The van der Waals surface area contributed by atoms with Gasteiger partial charge in [-0.1, -0.05) is 19.1 Å². The van der Waals surface area contributed by atoms with E-state index < -0.39 is 0 Å². The zero-order valence-corrected chi connectivity index (χ0v) is 14.0. The molecule has 1 amide bonds. The number of anilines is 1. The molecular weight excluding hydrogens is 286 g/mol. The molecule has 2 atom stereocenters. The molecule has 0 radical (unpaired) electrons. The SMILES string of the molecule is CC(=O)N1c2ccc(C3=CCOCC3)cc2C[C@@H](C)[C@@H]1C1CC1. The largest absolute Gasteiger partial charge is 0.377 e. The molecule has 0 aromatic heterocycles. The fourth-order valence-corrected chi connectivity index (χ4v) is 4.35. The van der Waals surface area contributed by atoms with E-state index in [0.29, 0.717) is 24.5 Å². The highest BCUT2D eigenvalue weighted by molar-refractivity contribution is 5.94. The van der Waals surface area contributed by atoms with Crippen LogP contribution in [0.5, 0.6) is 0 Å². The molecule has 2 heterocycles. The van der Waals surface area contributed by atoms with Gasteiger partial charge in [0.2, 0.25) is 5.91 Å². The topological polar surface area (TPSA) is 29.5 Å². The van der Waals surface area contributed by atoms with Crippen molar-refractivity contribution in [2.24, 2.45) is 11.8 Å². The molecule has 1 aromatic rings. The van der Waals surface area contributed by atoms with Gasteiger partial charge >= 0.3 is 0 Å². The minimum Gasteiger partial charge on any atom is -0.377 e. The minimum atomic E-state index is 0.188. The summed E-state index contributed by atoms with van der Waals surface area (Å²) < 4.78 is 5.42. The first kappa shape index (κ1) is 14.9. The van der Waals surface area contributed by atoms with Gasteiger partial charge in [0, 0.05) is 18.7 Å². The maximum absolute atomic E-state index is 12.3. The van der Waals surface area contributed by atoms with Gasteiger partial charge in [0.1, 0.15) is 0 Å². The summed E-state index contributed by atoms with van der Waals surface area (Å²) in [5, 5.41) is 0.